The highest BCUT2D eigenvalue weighted by Crippen LogP contribution is 2.35. The summed E-state index contributed by atoms with van der Waals surface area (Å²) in [6.45, 7) is -1.31. The fourth-order valence-corrected chi connectivity index (χ4v) is 3.24. The predicted molar refractivity (Wildman–Crippen MR) is 86.1 cm³/mol. The average Bonchev–Trinajstić information content (AvgIpc) is 3.13. The minimum Gasteiger partial charge on any atom is -0.481 e. The second-order valence-electron chi connectivity index (χ2n) is 5.40. The van der Waals surface area contributed by atoms with Crippen LogP contribution in [0, 0.1) is 5.82 Å². The van der Waals surface area contributed by atoms with Crippen LogP contribution in [0.5, 0.6) is 0 Å². The fraction of sp³-hybridized carbons (Fsp3) is 0.188. The van der Waals surface area contributed by atoms with Gasteiger partial charge in [0, 0.05) is 10.9 Å². The van der Waals surface area contributed by atoms with E-state index in [1.807, 2.05) is 0 Å². The van der Waals surface area contributed by atoms with E-state index in [2.05, 4.69) is 10.1 Å². The van der Waals surface area contributed by atoms with Gasteiger partial charge >= 0.3 is 12.1 Å². The molecule has 0 saturated carbocycles. The van der Waals surface area contributed by atoms with Crippen molar-refractivity contribution in [2.75, 3.05) is 0 Å². The van der Waals surface area contributed by atoms with E-state index in [1.165, 1.54) is 23.7 Å². The molecule has 0 aliphatic carbocycles. The third-order valence-electron chi connectivity index (χ3n) is 3.40. The molecule has 0 amide bonds. The molecule has 0 aliphatic rings. The Morgan fingerprint density at radius 2 is 1.92 bits per heavy atom. The van der Waals surface area contributed by atoms with Gasteiger partial charge in [0.1, 0.15) is 17.4 Å². The van der Waals surface area contributed by atoms with Crippen LogP contribution in [-0.4, -0.2) is 32.0 Å². The Kier molecular flexibility index (Phi) is 4.77. The van der Waals surface area contributed by atoms with Gasteiger partial charge in [-0.1, -0.05) is 0 Å². The monoisotopic (exact) mass is 385 g/mol. The SMILES string of the molecule is O=C(O)Cc1csc(-c2cnn(CC(F)(F)F)c2-c2ccc(F)cc2)n1. The van der Waals surface area contributed by atoms with Crippen LogP contribution >= 0.6 is 11.3 Å². The molecular weight excluding hydrogens is 374 g/mol. The number of carbonyl (C=O) groups is 1. The number of carboxylic acid groups (broad SMARTS) is 1. The molecule has 26 heavy (non-hydrogen) atoms. The van der Waals surface area contributed by atoms with Crippen molar-refractivity contribution < 1.29 is 27.5 Å². The molecule has 3 aromatic rings. The maximum absolute atomic E-state index is 13.2. The third-order valence-corrected chi connectivity index (χ3v) is 4.33. The molecule has 0 bridgehead atoms. The molecule has 10 heteroatoms. The van der Waals surface area contributed by atoms with Crippen molar-refractivity contribution in [3.8, 4) is 21.8 Å². The zero-order valence-electron chi connectivity index (χ0n) is 13.0. The van der Waals surface area contributed by atoms with Crippen LogP contribution in [0.4, 0.5) is 17.6 Å². The average molecular weight is 385 g/mol. The summed E-state index contributed by atoms with van der Waals surface area (Å²) in [6.07, 6.45) is -3.54. The summed E-state index contributed by atoms with van der Waals surface area (Å²) in [5.41, 5.74) is 1.10. The quantitative estimate of drug-likeness (QED) is 0.674. The molecule has 2 heterocycles. The van der Waals surface area contributed by atoms with Crippen LogP contribution in [0.15, 0.2) is 35.8 Å². The number of alkyl halides is 3. The van der Waals surface area contributed by atoms with Gasteiger partial charge in [-0.05, 0) is 24.3 Å². The van der Waals surface area contributed by atoms with Crippen molar-refractivity contribution in [3.63, 3.8) is 0 Å². The normalized spacial score (nSPS) is 11.7. The Bertz CT molecular complexity index is 932. The lowest BCUT2D eigenvalue weighted by Crippen LogP contribution is -2.19. The zero-order chi connectivity index (χ0) is 18.9. The highest BCUT2D eigenvalue weighted by molar-refractivity contribution is 7.13. The Morgan fingerprint density at radius 3 is 2.54 bits per heavy atom. The van der Waals surface area contributed by atoms with Gasteiger partial charge in [-0.2, -0.15) is 18.3 Å². The number of benzene rings is 1. The van der Waals surface area contributed by atoms with E-state index in [9.17, 15) is 22.4 Å². The fourth-order valence-electron chi connectivity index (χ4n) is 2.41. The van der Waals surface area contributed by atoms with Crippen molar-refractivity contribution >= 4 is 17.3 Å². The number of rotatable bonds is 5. The summed E-state index contributed by atoms with van der Waals surface area (Å²) in [4.78, 5) is 14.9. The van der Waals surface area contributed by atoms with E-state index in [0.717, 1.165) is 28.2 Å². The van der Waals surface area contributed by atoms with Crippen LogP contribution in [0.2, 0.25) is 0 Å². The van der Waals surface area contributed by atoms with E-state index >= 15 is 0 Å². The van der Waals surface area contributed by atoms with Gasteiger partial charge in [0.15, 0.2) is 0 Å². The zero-order valence-corrected chi connectivity index (χ0v) is 13.8. The Hall–Kier alpha value is -2.75. The summed E-state index contributed by atoms with van der Waals surface area (Å²) in [7, 11) is 0. The molecule has 0 atom stereocenters. The minimum atomic E-state index is -4.49. The third kappa shape index (κ3) is 4.07. The van der Waals surface area contributed by atoms with Crippen LogP contribution in [-0.2, 0) is 17.8 Å². The van der Waals surface area contributed by atoms with Gasteiger partial charge in [-0.3, -0.25) is 9.48 Å². The summed E-state index contributed by atoms with van der Waals surface area (Å²) in [5.74, 6) is -1.58. The van der Waals surface area contributed by atoms with E-state index in [4.69, 9.17) is 5.11 Å². The maximum Gasteiger partial charge on any atom is 0.408 e. The van der Waals surface area contributed by atoms with Gasteiger partial charge in [0.05, 0.1) is 29.6 Å². The van der Waals surface area contributed by atoms with Gasteiger partial charge in [-0.15, -0.1) is 11.3 Å². The van der Waals surface area contributed by atoms with Gasteiger partial charge < -0.3 is 5.11 Å². The summed E-state index contributed by atoms with van der Waals surface area (Å²) >= 11 is 1.10. The number of aliphatic carboxylic acids is 1. The first-order valence-electron chi connectivity index (χ1n) is 7.28. The highest BCUT2D eigenvalue weighted by atomic mass is 32.1. The van der Waals surface area contributed by atoms with Crippen LogP contribution in [0.3, 0.4) is 0 Å². The van der Waals surface area contributed by atoms with Crippen LogP contribution < -0.4 is 0 Å². The van der Waals surface area contributed by atoms with Crippen molar-refractivity contribution in [1.82, 2.24) is 14.8 Å². The molecule has 0 spiro atoms. The van der Waals surface area contributed by atoms with E-state index in [1.54, 1.807) is 0 Å². The number of thiazole rings is 1. The number of carboxylic acids is 1. The molecule has 0 aliphatic heterocycles. The molecule has 0 saturated heterocycles. The number of nitrogens with zero attached hydrogens (tertiary/aromatic N) is 3. The molecule has 2 aromatic heterocycles. The summed E-state index contributed by atoms with van der Waals surface area (Å²) < 4.78 is 52.5. The lowest BCUT2D eigenvalue weighted by atomic mass is 10.1. The predicted octanol–water partition coefficient (Wildman–Crippen LogP) is 4.00. The van der Waals surface area contributed by atoms with Crippen molar-refractivity contribution in [1.29, 1.82) is 0 Å². The molecule has 0 unspecified atom stereocenters. The Balaban J connectivity index is 2.09. The standard InChI is InChI=1S/C16H11F4N3O2S/c17-10-3-1-9(2-4-10)14-12(6-21-23(14)8-16(18,19)20)15-22-11(7-26-15)5-13(24)25/h1-4,6-7H,5,8H2,(H,24,25). The molecular formula is C16H11F4N3O2S. The molecule has 1 aromatic carbocycles. The van der Waals surface area contributed by atoms with E-state index in [-0.39, 0.29) is 12.1 Å². The molecule has 0 radical (unpaired) electrons. The molecule has 5 nitrogen and oxygen atoms in total. The maximum atomic E-state index is 13.2. The first kappa shape index (κ1) is 18.1. The van der Waals surface area contributed by atoms with Crippen molar-refractivity contribution in [2.24, 2.45) is 0 Å². The van der Waals surface area contributed by atoms with Gasteiger partial charge in [-0.25, -0.2) is 9.37 Å². The highest BCUT2D eigenvalue weighted by Gasteiger charge is 2.31. The lowest BCUT2D eigenvalue weighted by Gasteiger charge is -2.11. The number of hydrogen-bond donors (Lipinski definition) is 1. The lowest BCUT2D eigenvalue weighted by molar-refractivity contribution is -0.142. The summed E-state index contributed by atoms with van der Waals surface area (Å²) in [5, 5.41) is 14.5. The first-order chi connectivity index (χ1) is 12.2. The number of aromatic nitrogens is 3. The number of halogens is 4. The second-order valence-corrected chi connectivity index (χ2v) is 6.26. The van der Waals surface area contributed by atoms with Crippen molar-refractivity contribution in [3.05, 3.63) is 47.4 Å². The topological polar surface area (TPSA) is 68.0 Å². The van der Waals surface area contributed by atoms with Crippen LogP contribution in [0.25, 0.3) is 21.8 Å². The minimum absolute atomic E-state index is 0.138. The smallest absolute Gasteiger partial charge is 0.408 e. The molecule has 3 rings (SSSR count). The van der Waals surface area contributed by atoms with Gasteiger partial charge in [0.25, 0.3) is 0 Å². The Morgan fingerprint density at radius 1 is 1.23 bits per heavy atom. The van der Waals surface area contributed by atoms with E-state index < -0.39 is 24.5 Å². The van der Waals surface area contributed by atoms with Gasteiger partial charge in [0.2, 0.25) is 0 Å². The largest absolute Gasteiger partial charge is 0.481 e. The van der Waals surface area contributed by atoms with Crippen molar-refractivity contribution in [2.45, 2.75) is 19.1 Å². The summed E-state index contributed by atoms with van der Waals surface area (Å²) in [6, 6.07) is 4.99. The van der Waals surface area contributed by atoms with E-state index in [0.29, 0.717) is 21.8 Å². The molecule has 1 N–H and O–H groups in total. The molecule has 136 valence electrons. The second kappa shape index (κ2) is 6.87. The molecule has 0 fully saturated rings. The Labute approximate surface area is 148 Å². The first-order valence-corrected chi connectivity index (χ1v) is 8.16. The number of hydrogen-bond acceptors (Lipinski definition) is 4. The van der Waals surface area contributed by atoms with Crippen LogP contribution in [0.1, 0.15) is 5.69 Å².